The molecule has 1 N–H and O–H groups in total. The summed E-state index contributed by atoms with van der Waals surface area (Å²) in [6, 6.07) is 5.05. The van der Waals surface area contributed by atoms with E-state index in [1.807, 2.05) is 0 Å². The minimum absolute atomic E-state index is 0.188. The number of thioether (sulfide) groups is 1. The smallest absolute Gasteiger partial charge is 0.252 e. The van der Waals surface area contributed by atoms with Gasteiger partial charge in [-0.3, -0.25) is 4.79 Å². The Kier molecular flexibility index (Phi) is 6.35. The number of carbonyl (C=O) groups excluding carboxylic acids is 1. The molecular weight excluding hydrogens is 274 g/mol. The van der Waals surface area contributed by atoms with Crippen LogP contribution in [-0.4, -0.2) is 24.0 Å². The topological polar surface area (TPSA) is 29.1 Å². The Morgan fingerprint density at radius 1 is 1.59 bits per heavy atom. The highest BCUT2D eigenvalue weighted by molar-refractivity contribution is 7.99. The SMILES string of the molecule is C#CCSCCNC(=O)c1cc(S)ccc1Cl. The molecule has 0 spiro atoms. The van der Waals surface area contributed by atoms with Crippen molar-refractivity contribution in [3.05, 3.63) is 28.8 Å². The van der Waals surface area contributed by atoms with Crippen LogP contribution >= 0.6 is 36.0 Å². The fraction of sp³-hybridized carbons (Fsp3) is 0.250. The maximum atomic E-state index is 11.8. The van der Waals surface area contributed by atoms with E-state index in [0.717, 1.165) is 5.75 Å². The standard InChI is InChI=1S/C12H12ClNOS2/c1-2-6-17-7-5-14-12(15)10-8-9(16)3-4-11(10)13/h1,3-4,8,16H,5-7H2,(H,14,15). The van der Waals surface area contributed by atoms with E-state index in [4.69, 9.17) is 18.0 Å². The van der Waals surface area contributed by atoms with Gasteiger partial charge < -0.3 is 5.32 Å². The lowest BCUT2D eigenvalue weighted by Crippen LogP contribution is -2.26. The Labute approximate surface area is 116 Å². The fourth-order valence-corrected chi connectivity index (χ4v) is 2.07. The van der Waals surface area contributed by atoms with Crippen molar-refractivity contribution < 1.29 is 4.79 Å². The first-order valence-electron chi connectivity index (χ1n) is 4.93. The summed E-state index contributed by atoms with van der Waals surface area (Å²) in [6.07, 6.45) is 5.11. The van der Waals surface area contributed by atoms with Crippen LogP contribution in [0, 0.1) is 12.3 Å². The second-order valence-electron chi connectivity index (χ2n) is 3.18. The van der Waals surface area contributed by atoms with Gasteiger partial charge in [-0.25, -0.2) is 0 Å². The van der Waals surface area contributed by atoms with Gasteiger partial charge in [0.1, 0.15) is 0 Å². The van der Waals surface area contributed by atoms with Crippen molar-refractivity contribution in [3.63, 3.8) is 0 Å². The molecule has 1 rings (SSSR count). The number of amides is 1. The van der Waals surface area contributed by atoms with Crippen molar-refractivity contribution in [2.75, 3.05) is 18.1 Å². The molecular formula is C12H12ClNOS2. The van der Waals surface area contributed by atoms with Gasteiger partial charge in [0.25, 0.3) is 5.91 Å². The van der Waals surface area contributed by atoms with Crippen molar-refractivity contribution in [3.8, 4) is 12.3 Å². The van der Waals surface area contributed by atoms with Gasteiger partial charge in [-0.1, -0.05) is 17.5 Å². The Bertz CT molecular complexity index is 443. The molecule has 0 bridgehead atoms. The molecule has 1 aromatic rings. The second-order valence-corrected chi connectivity index (χ2v) is 5.21. The zero-order chi connectivity index (χ0) is 12.7. The van der Waals surface area contributed by atoms with Crippen molar-refractivity contribution in [1.82, 2.24) is 5.32 Å². The molecule has 1 aromatic carbocycles. The van der Waals surface area contributed by atoms with E-state index < -0.39 is 0 Å². The number of carbonyl (C=O) groups is 1. The quantitative estimate of drug-likeness (QED) is 0.495. The number of hydrogen-bond donors (Lipinski definition) is 2. The Morgan fingerprint density at radius 3 is 3.06 bits per heavy atom. The highest BCUT2D eigenvalue weighted by Gasteiger charge is 2.09. The van der Waals surface area contributed by atoms with E-state index in [2.05, 4.69) is 23.9 Å². The van der Waals surface area contributed by atoms with Gasteiger partial charge in [0.15, 0.2) is 0 Å². The molecule has 0 fully saturated rings. The summed E-state index contributed by atoms with van der Waals surface area (Å²) in [5.41, 5.74) is 0.445. The molecule has 0 aliphatic rings. The minimum atomic E-state index is -0.188. The number of thiol groups is 1. The third-order valence-corrected chi connectivity index (χ3v) is 3.38. The monoisotopic (exact) mass is 285 g/mol. The van der Waals surface area contributed by atoms with E-state index >= 15 is 0 Å². The molecule has 0 aromatic heterocycles. The lowest BCUT2D eigenvalue weighted by atomic mass is 10.2. The predicted octanol–water partition coefficient (Wildman–Crippen LogP) is 2.72. The summed E-state index contributed by atoms with van der Waals surface area (Å²) in [6.45, 7) is 0.568. The summed E-state index contributed by atoms with van der Waals surface area (Å²) in [5, 5.41) is 3.21. The van der Waals surface area contributed by atoms with Crippen LogP contribution in [0.4, 0.5) is 0 Å². The van der Waals surface area contributed by atoms with Crippen LogP contribution < -0.4 is 5.32 Å². The highest BCUT2D eigenvalue weighted by atomic mass is 35.5. The molecule has 17 heavy (non-hydrogen) atoms. The van der Waals surface area contributed by atoms with E-state index in [1.54, 1.807) is 30.0 Å². The van der Waals surface area contributed by atoms with Gasteiger partial charge in [0.05, 0.1) is 16.3 Å². The van der Waals surface area contributed by atoms with E-state index in [1.165, 1.54) is 0 Å². The third kappa shape index (κ3) is 4.95. The van der Waals surface area contributed by atoms with Crippen molar-refractivity contribution in [2.45, 2.75) is 4.90 Å². The van der Waals surface area contributed by atoms with Gasteiger partial charge in [0.2, 0.25) is 0 Å². The summed E-state index contributed by atoms with van der Waals surface area (Å²) >= 11 is 11.7. The van der Waals surface area contributed by atoms with Gasteiger partial charge in [0, 0.05) is 17.2 Å². The van der Waals surface area contributed by atoms with Crippen LogP contribution in [-0.2, 0) is 0 Å². The van der Waals surface area contributed by atoms with Crippen LogP contribution in [0.1, 0.15) is 10.4 Å². The molecule has 0 aliphatic carbocycles. The maximum absolute atomic E-state index is 11.8. The normalized spacial score (nSPS) is 9.71. The van der Waals surface area contributed by atoms with E-state index in [0.29, 0.717) is 27.8 Å². The average Bonchev–Trinajstić information content (AvgIpc) is 2.32. The summed E-state index contributed by atoms with van der Waals surface area (Å²) in [5.74, 6) is 3.78. The van der Waals surface area contributed by atoms with Crippen LogP contribution in [0.5, 0.6) is 0 Å². The molecule has 0 heterocycles. The fourth-order valence-electron chi connectivity index (χ4n) is 1.15. The number of halogens is 1. The molecule has 1 amide bonds. The lowest BCUT2D eigenvalue weighted by molar-refractivity contribution is 0.0956. The Balaban J connectivity index is 2.47. The molecule has 2 nitrogen and oxygen atoms in total. The van der Waals surface area contributed by atoms with Crippen LogP contribution in [0.2, 0.25) is 5.02 Å². The van der Waals surface area contributed by atoms with Gasteiger partial charge >= 0.3 is 0 Å². The van der Waals surface area contributed by atoms with Crippen molar-refractivity contribution >= 4 is 41.9 Å². The zero-order valence-electron chi connectivity index (χ0n) is 9.07. The van der Waals surface area contributed by atoms with Gasteiger partial charge in [-0.05, 0) is 18.2 Å². The van der Waals surface area contributed by atoms with Crippen LogP contribution in [0.15, 0.2) is 23.1 Å². The molecule has 0 aliphatic heterocycles. The number of nitrogens with one attached hydrogen (secondary N) is 1. The lowest BCUT2D eigenvalue weighted by Gasteiger charge is -2.06. The molecule has 0 saturated heterocycles. The summed E-state index contributed by atoms with van der Waals surface area (Å²) < 4.78 is 0. The number of terminal acetylenes is 1. The largest absolute Gasteiger partial charge is 0.351 e. The molecule has 0 unspecified atom stereocenters. The Morgan fingerprint density at radius 2 is 2.35 bits per heavy atom. The minimum Gasteiger partial charge on any atom is -0.351 e. The first-order valence-corrected chi connectivity index (χ1v) is 6.91. The predicted molar refractivity (Wildman–Crippen MR) is 77.2 cm³/mol. The van der Waals surface area contributed by atoms with Gasteiger partial charge in [-0.15, -0.1) is 30.8 Å². The number of hydrogen-bond acceptors (Lipinski definition) is 3. The van der Waals surface area contributed by atoms with E-state index in [9.17, 15) is 4.79 Å². The number of rotatable bonds is 5. The molecule has 90 valence electrons. The zero-order valence-corrected chi connectivity index (χ0v) is 11.5. The molecule has 0 radical (unpaired) electrons. The van der Waals surface area contributed by atoms with Crippen LogP contribution in [0.3, 0.4) is 0 Å². The third-order valence-electron chi connectivity index (χ3n) is 1.91. The first-order chi connectivity index (χ1) is 8.15. The van der Waals surface area contributed by atoms with Crippen molar-refractivity contribution in [1.29, 1.82) is 0 Å². The van der Waals surface area contributed by atoms with Crippen molar-refractivity contribution in [2.24, 2.45) is 0 Å². The molecule has 0 atom stereocenters. The first kappa shape index (κ1) is 14.3. The Hall–Kier alpha value is -0.760. The highest BCUT2D eigenvalue weighted by Crippen LogP contribution is 2.19. The molecule has 5 heteroatoms. The maximum Gasteiger partial charge on any atom is 0.252 e. The van der Waals surface area contributed by atoms with Crippen LogP contribution in [0.25, 0.3) is 0 Å². The average molecular weight is 286 g/mol. The summed E-state index contributed by atoms with van der Waals surface area (Å²) in [4.78, 5) is 12.5. The molecule has 0 saturated carbocycles. The second kappa shape index (κ2) is 7.54. The van der Waals surface area contributed by atoms with E-state index in [-0.39, 0.29) is 5.91 Å². The van der Waals surface area contributed by atoms with Gasteiger partial charge in [-0.2, -0.15) is 0 Å². The summed E-state index contributed by atoms with van der Waals surface area (Å²) in [7, 11) is 0. The number of benzene rings is 1.